The molecular formula is C15H14N6O3S. The molecule has 0 radical (unpaired) electrons. The summed E-state index contributed by atoms with van der Waals surface area (Å²) in [6.45, 7) is -0.0886. The van der Waals surface area contributed by atoms with Crippen LogP contribution in [0.4, 0.5) is 5.82 Å². The third-order valence-electron chi connectivity index (χ3n) is 3.93. The molecule has 0 unspecified atom stereocenters. The second kappa shape index (κ2) is 5.88. The molecule has 0 aliphatic heterocycles. The quantitative estimate of drug-likeness (QED) is 0.716. The van der Waals surface area contributed by atoms with Crippen LogP contribution in [-0.4, -0.2) is 44.3 Å². The van der Waals surface area contributed by atoms with E-state index < -0.39 is 9.84 Å². The van der Waals surface area contributed by atoms with Crippen molar-refractivity contribution in [2.75, 3.05) is 5.32 Å². The summed E-state index contributed by atoms with van der Waals surface area (Å²) in [5, 5.41) is 6.90. The van der Waals surface area contributed by atoms with Crippen LogP contribution in [0, 0.1) is 0 Å². The lowest BCUT2D eigenvalue weighted by Gasteiger charge is -2.06. The van der Waals surface area contributed by atoms with Gasteiger partial charge in [0.1, 0.15) is 6.54 Å². The first-order valence-corrected chi connectivity index (χ1v) is 9.19. The molecule has 1 amide bonds. The molecule has 3 aromatic rings. The molecule has 1 fully saturated rings. The molecule has 4 rings (SSSR count). The summed E-state index contributed by atoms with van der Waals surface area (Å²) in [5.41, 5.74) is 0.496. The van der Waals surface area contributed by atoms with Gasteiger partial charge in [-0.15, -0.1) is 0 Å². The van der Waals surface area contributed by atoms with E-state index in [1.165, 1.54) is 41.9 Å². The van der Waals surface area contributed by atoms with Crippen molar-refractivity contribution in [1.29, 1.82) is 0 Å². The van der Waals surface area contributed by atoms with Crippen molar-refractivity contribution < 1.29 is 13.2 Å². The van der Waals surface area contributed by atoms with Gasteiger partial charge in [-0.3, -0.25) is 19.4 Å². The third kappa shape index (κ3) is 2.95. The summed E-state index contributed by atoms with van der Waals surface area (Å²) in [4.78, 5) is 24.2. The number of sulfone groups is 1. The standard InChI is InChI=1S/C15H14N6O3S/c22-15(20-14-8-16-3-4-18-14)9-21-12-6-17-7-13(11(12)5-19-21)25(23,24)10-1-2-10/h3-8,10H,1-2,9H2,(H,18,20,22). The summed E-state index contributed by atoms with van der Waals surface area (Å²) in [6.07, 6.45) is 10.1. The molecule has 1 aliphatic rings. The molecule has 0 bridgehead atoms. The highest BCUT2D eigenvalue weighted by Crippen LogP contribution is 2.35. The van der Waals surface area contributed by atoms with Gasteiger partial charge >= 0.3 is 0 Å². The van der Waals surface area contributed by atoms with Gasteiger partial charge in [0.2, 0.25) is 5.91 Å². The van der Waals surface area contributed by atoms with Crippen LogP contribution in [0.5, 0.6) is 0 Å². The van der Waals surface area contributed by atoms with Crippen molar-refractivity contribution in [3.05, 3.63) is 37.2 Å². The van der Waals surface area contributed by atoms with Gasteiger partial charge in [0, 0.05) is 24.0 Å². The Morgan fingerprint density at radius 2 is 2.00 bits per heavy atom. The van der Waals surface area contributed by atoms with E-state index in [1.54, 1.807) is 0 Å². The van der Waals surface area contributed by atoms with Gasteiger partial charge in [-0.2, -0.15) is 5.10 Å². The number of anilines is 1. The highest BCUT2D eigenvalue weighted by molar-refractivity contribution is 7.92. The highest BCUT2D eigenvalue weighted by Gasteiger charge is 2.38. The average Bonchev–Trinajstić information content (AvgIpc) is 3.39. The lowest BCUT2D eigenvalue weighted by molar-refractivity contribution is -0.116. The average molecular weight is 358 g/mol. The molecule has 0 spiro atoms. The number of aromatic nitrogens is 5. The third-order valence-corrected chi connectivity index (χ3v) is 6.22. The molecule has 128 valence electrons. The number of amides is 1. The van der Waals surface area contributed by atoms with E-state index in [0.29, 0.717) is 29.6 Å². The van der Waals surface area contributed by atoms with Crippen molar-refractivity contribution >= 4 is 32.5 Å². The molecular weight excluding hydrogens is 344 g/mol. The number of hydrogen-bond acceptors (Lipinski definition) is 7. The number of nitrogens with zero attached hydrogens (tertiary/aromatic N) is 5. The topological polar surface area (TPSA) is 120 Å². The van der Waals surface area contributed by atoms with Crippen LogP contribution < -0.4 is 5.32 Å². The smallest absolute Gasteiger partial charge is 0.247 e. The Morgan fingerprint density at radius 1 is 1.16 bits per heavy atom. The maximum Gasteiger partial charge on any atom is 0.247 e. The van der Waals surface area contributed by atoms with Crippen LogP contribution in [-0.2, 0) is 21.2 Å². The Hall–Kier alpha value is -2.88. The first-order chi connectivity index (χ1) is 12.1. The monoisotopic (exact) mass is 358 g/mol. The van der Waals surface area contributed by atoms with Crippen LogP contribution in [0.15, 0.2) is 42.1 Å². The Labute approximate surface area is 143 Å². The highest BCUT2D eigenvalue weighted by atomic mass is 32.2. The number of fused-ring (bicyclic) bond motifs is 1. The zero-order valence-electron chi connectivity index (χ0n) is 13.0. The Balaban J connectivity index is 1.62. The Bertz CT molecular complexity index is 1040. The van der Waals surface area contributed by atoms with Crippen molar-refractivity contribution in [3.63, 3.8) is 0 Å². The fourth-order valence-electron chi connectivity index (χ4n) is 2.56. The van der Waals surface area contributed by atoms with Crippen LogP contribution in [0.3, 0.4) is 0 Å². The van der Waals surface area contributed by atoms with Crippen molar-refractivity contribution in [2.45, 2.75) is 29.5 Å². The predicted octanol–water partition coefficient (Wildman–Crippen LogP) is 0.796. The van der Waals surface area contributed by atoms with Crippen LogP contribution in [0.2, 0.25) is 0 Å². The molecule has 1 saturated carbocycles. The minimum Gasteiger partial charge on any atom is -0.308 e. The van der Waals surface area contributed by atoms with Gasteiger partial charge in [-0.05, 0) is 12.8 Å². The van der Waals surface area contributed by atoms with Crippen molar-refractivity contribution in [3.8, 4) is 0 Å². The SMILES string of the molecule is O=C(Cn1ncc2c(S(=O)(=O)C3CC3)cncc21)Nc1cnccn1. The molecule has 10 heteroatoms. The van der Waals surface area contributed by atoms with E-state index in [1.807, 2.05) is 0 Å². The largest absolute Gasteiger partial charge is 0.308 e. The van der Waals surface area contributed by atoms with E-state index in [9.17, 15) is 13.2 Å². The molecule has 25 heavy (non-hydrogen) atoms. The van der Waals surface area contributed by atoms with E-state index in [0.717, 1.165) is 0 Å². The summed E-state index contributed by atoms with van der Waals surface area (Å²) < 4.78 is 26.4. The molecule has 1 aliphatic carbocycles. The summed E-state index contributed by atoms with van der Waals surface area (Å²) in [5.74, 6) is -0.0139. The number of hydrogen-bond donors (Lipinski definition) is 1. The number of pyridine rings is 1. The molecule has 3 heterocycles. The Morgan fingerprint density at radius 3 is 2.72 bits per heavy atom. The fraction of sp³-hybridized carbons (Fsp3) is 0.267. The Kier molecular flexibility index (Phi) is 3.68. The van der Waals surface area contributed by atoms with Crippen LogP contribution in [0.1, 0.15) is 12.8 Å². The van der Waals surface area contributed by atoms with Crippen LogP contribution >= 0.6 is 0 Å². The van der Waals surface area contributed by atoms with E-state index in [2.05, 4.69) is 25.4 Å². The van der Waals surface area contributed by atoms with Gasteiger partial charge in [-0.1, -0.05) is 0 Å². The van der Waals surface area contributed by atoms with Crippen molar-refractivity contribution in [2.24, 2.45) is 0 Å². The second-order valence-electron chi connectivity index (χ2n) is 5.76. The summed E-state index contributed by atoms with van der Waals surface area (Å²) in [6, 6.07) is 0. The molecule has 0 aromatic carbocycles. The molecule has 0 saturated heterocycles. The molecule has 1 N–H and O–H groups in total. The molecule has 0 atom stereocenters. The van der Waals surface area contributed by atoms with Gasteiger partial charge in [-0.25, -0.2) is 13.4 Å². The van der Waals surface area contributed by atoms with Gasteiger partial charge in [0.25, 0.3) is 0 Å². The number of carbonyl (C=O) groups excluding carboxylic acids is 1. The van der Waals surface area contributed by atoms with E-state index in [4.69, 9.17) is 0 Å². The van der Waals surface area contributed by atoms with Crippen LogP contribution in [0.25, 0.3) is 10.9 Å². The zero-order chi connectivity index (χ0) is 17.4. The number of nitrogens with one attached hydrogen (secondary N) is 1. The summed E-state index contributed by atoms with van der Waals surface area (Å²) in [7, 11) is -3.39. The predicted molar refractivity (Wildman–Crippen MR) is 88.4 cm³/mol. The lowest BCUT2D eigenvalue weighted by atomic mass is 10.3. The normalized spacial score (nSPS) is 14.6. The van der Waals surface area contributed by atoms with E-state index >= 15 is 0 Å². The number of carbonyl (C=O) groups is 1. The fourth-order valence-corrected chi connectivity index (χ4v) is 4.35. The summed E-state index contributed by atoms with van der Waals surface area (Å²) >= 11 is 0. The van der Waals surface area contributed by atoms with E-state index in [-0.39, 0.29) is 22.6 Å². The van der Waals surface area contributed by atoms with Gasteiger partial charge < -0.3 is 5.32 Å². The maximum atomic E-state index is 12.5. The lowest BCUT2D eigenvalue weighted by Crippen LogP contribution is -2.20. The first kappa shape index (κ1) is 15.6. The molecule has 3 aromatic heterocycles. The minimum atomic E-state index is -3.39. The second-order valence-corrected chi connectivity index (χ2v) is 7.95. The number of rotatable bonds is 5. The van der Waals surface area contributed by atoms with Gasteiger partial charge in [0.15, 0.2) is 15.7 Å². The molecule has 9 nitrogen and oxygen atoms in total. The zero-order valence-corrected chi connectivity index (χ0v) is 13.8. The van der Waals surface area contributed by atoms with Gasteiger partial charge in [0.05, 0.1) is 34.3 Å². The first-order valence-electron chi connectivity index (χ1n) is 7.65. The minimum absolute atomic E-state index is 0.0886. The van der Waals surface area contributed by atoms with Crippen molar-refractivity contribution in [1.82, 2.24) is 24.7 Å². The maximum absolute atomic E-state index is 12.5.